The number of halogens is 3. The normalized spacial score (nSPS) is 26.5. The van der Waals surface area contributed by atoms with E-state index in [9.17, 15) is 22.8 Å². The molecule has 3 rings (SSSR count). The van der Waals surface area contributed by atoms with Crippen molar-refractivity contribution in [1.29, 1.82) is 0 Å². The van der Waals surface area contributed by atoms with Crippen molar-refractivity contribution in [2.75, 3.05) is 5.32 Å². The molecule has 1 saturated carbocycles. The summed E-state index contributed by atoms with van der Waals surface area (Å²) in [5.74, 6) is -0.902. The second kappa shape index (κ2) is 7.03. The van der Waals surface area contributed by atoms with E-state index in [1.807, 2.05) is 0 Å². The number of nitrogens with one attached hydrogen (secondary N) is 3. The summed E-state index contributed by atoms with van der Waals surface area (Å²) < 4.78 is 38.9. The Labute approximate surface area is 143 Å². The number of benzene rings is 1. The Hall–Kier alpha value is -2.09. The van der Waals surface area contributed by atoms with Crippen LogP contribution in [-0.4, -0.2) is 29.9 Å². The summed E-state index contributed by atoms with van der Waals surface area (Å²) in [5, 5.41) is 8.36. The molecule has 2 aliphatic rings. The average Bonchev–Trinajstić information content (AvgIpc) is 2.55. The van der Waals surface area contributed by atoms with Crippen LogP contribution in [0.3, 0.4) is 0 Å². The first-order chi connectivity index (χ1) is 11.8. The van der Waals surface area contributed by atoms with Crippen molar-refractivity contribution in [2.24, 2.45) is 0 Å². The molecule has 1 aliphatic carbocycles. The van der Waals surface area contributed by atoms with Gasteiger partial charge in [-0.1, -0.05) is 25.0 Å². The summed E-state index contributed by atoms with van der Waals surface area (Å²) in [4.78, 5) is 24.3. The van der Waals surface area contributed by atoms with Gasteiger partial charge in [0.1, 0.15) is 0 Å². The molecule has 2 fully saturated rings. The molecule has 0 bridgehead atoms. The van der Waals surface area contributed by atoms with E-state index < -0.39 is 23.7 Å². The van der Waals surface area contributed by atoms with Crippen LogP contribution in [0.1, 0.15) is 37.7 Å². The number of carbonyl (C=O) groups excluding carboxylic acids is 2. The number of anilines is 1. The highest BCUT2D eigenvalue weighted by Gasteiger charge is 2.37. The summed E-state index contributed by atoms with van der Waals surface area (Å²) in [6.45, 7) is 0. The second-order valence-corrected chi connectivity index (χ2v) is 6.52. The molecule has 0 unspecified atom stereocenters. The van der Waals surface area contributed by atoms with E-state index in [0.717, 1.165) is 31.7 Å². The van der Waals surface area contributed by atoms with Crippen molar-refractivity contribution in [2.45, 2.75) is 56.4 Å². The van der Waals surface area contributed by atoms with E-state index in [4.69, 9.17) is 0 Å². The lowest BCUT2D eigenvalue weighted by molar-refractivity contribution is -0.137. The van der Waals surface area contributed by atoms with E-state index in [1.165, 1.54) is 18.2 Å². The van der Waals surface area contributed by atoms with Crippen molar-refractivity contribution < 1.29 is 22.8 Å². The summed E-state index contributed by atoms with van der Waals surface area (Å²) in [5.41, 5.74) is -1.21. The number of fused-ring (bicyclic) bond motifs is 1. The summed E-state index contributed by atoms with van der Waals surface area (Å²) in [6, 6.07) is 4.26. The van der Waals surface area contributed by atoms with E-state index in [1.54, 1.807) is 0 Å². The number of alkyl halides is 3. The third-order valence-corrected chi connectivity index (χ3v) is 4.72. The van der Waals surface area contributed by atoms with Crippen molar-refractivity contribution in [3.8, 4) is 0 Å². The quantitative estimate of drug-likeness (QED) is 0.780. The highest BCUT2D eigenvalue weighted by molar-refractivity contribution is 5.96. The van der Waals surface area contributed by atoms with E-state index >= 15 is 0 Å². The number of piperazine rings is 1. The third kappa shape index (κ3) is 4.12. The van der Waals surface area contributed by atoms with Crippen LogP contribution in [0.4, 0.5) is 18.9 Å². The number of amides is 2. The minimum absolute atomic E-state index is 0.0755. The van der Waals surface area contributed by atoms with Crippen molar-refractivity contribution in [3.63, 3.8) is 0 Å². The lowest BCUT2D eigenvalue weighted by Crippen LogP contribution is -2.65. The minimum Gasteiger partial charge on any atom is -0.350 e. The zero-order chi connectivity index (χ0) is 18.0. The van der Waals surface area contributed by atoms with E-state index in [2.05, 4.69) is 16.0 Å². The molecule has 1 aromatic rings. The molecule has 3 N–H and O–H groups in total. The molecule has 2 amide bonds. The topological polar surface area (TPSA) is 70.2 Å². The van der Waals surface area contributed by atoms with Crippen LogP contribution in [0.25, 0.3) is 0 Å². The molecule has 0 aromatic heterocycles. The van der Waals surface area contributed by atoms with Gasteiger partial charge in [-0.2, -0.15) is 13.2 Å². The van der Waals surface area contributed by atoms with Crippen LogP contribution in [0.2, 0.25) is 0 Å². The Morgan fingerprint density at radius 1 is 1.16 bits per heavy atom. The zero-order valence-electron chi connectivity index (χ0n) is 13.5. The molecule has 1 aromatic carbocycles. The first-order valence-electron chi connectivity index (χ1n) is 8.37. The number of hydrogen-bond donors (Lipinski definition) is 3. The maximum Gasteiger partial charge on any atom is 0.418 e. The van der Waals surface area contributed by atoms with Gasteiger partial charge >= 0.3 is 6.18 Å². The molecule has 1 heterocycles. The first-order valence-corrected chi connectivity index (χ1v) is 8.37. The fourth-order valence-electron chi connectivity index (χ4n) is 3.50. The highest BCUT2D eigenvalue weighted by Crippen LogP contribution is 2.34. The molecule has 0 radical (unpaired) electrons. The van der Waals surface area contributed by atoms with Crippen LogP contribution in [-0.2, 0) is 15.8 Å². The number of rotatable bonds is 3. The van der Waals surface area contributed by atoms with Crippen LogP contribution in [0.5, 0.6) is 0 Å². The molecular formula is C17H20F3N3O2. The Balaban J connectivity index is 1.64. The largest absolute Gasteiger partial charge is 0.418 e. The Morgan fingerprint density at radius 3 is 2.56 bits per heavy atom. The van der Waals surface area contributed by atoms with E-state index in [0.29, 0.717) is 0 Å². The number of hydrogen-bond acceptors (Lipinski definition) is 3. The van der Waals surface area contributed by atoms with Crippen molar-refractivity contribution in [1.82, 2.24) is 10.6 Å². The Morgan fingerprint density at radius 2 is 1.84 bits per heavy atom. The predicted molar refractivity (Wildman–Crippen MR) is 85.8 cm³/mol. The van der Waals surface area contributed by atoms with Crippen LogP contribution >= 0.6 is 0 Å². The third-order valence-electron chi connectivity index (χ3n) is 4.72. The maximum atomic E-state index is 13.0. The molecule has 0 spiro atoms. The van der Waals surface area contributed by atoms with Gasteiger partial charge in [0.2, 0.25) is 11.8 Å². The average molecular weight is 355 g/mol. The van der Waals surface area contributed by atoms with Gasteiger partial charge in [0.15, 0.2) is 0 Å². The SMILES string of the molecule is O=C(C[C@@H]1N[C@@H]2CCCC[C@@H]2NC1=O)Nc1ccccc1C(F)(F)F. The maximum absolute atomic E-state index is 13.0. The molecule has 1 saturated heterocycles. The fraction of sp³-hybridized carbons (Fsp3) is 0.529. The monoisotopic (exact) mass is 355 g/mol. The first kappa shape index (κ1) is 17.7. The smallest absolute Gasteiger partial charge is 0.350 e. The second-order valence-electron chi connectivity index (χ2n) is 6.52. The Bertz CT molecular complexity index is 663. The van der Waals surface area contributed by atoms with Gasteiger partial charge in [-0.25, -0.2) is 0 Å². The van der Waals surface area contributed by atoms with Crippen LogP contribution in [0, 0.1) is 0 Å². The van der Waals surface area contributed by atoms with Gasteiger partial charge in [0.25, 0.3) is 0 Å². The van der Waals surface area contributed by atoms with Crippen molar-refractivity contribution >= 4 is 17.5 Å². The minimum atomic E-state index is -4.56. The number of carbonyl (C=O) groups is 2. The van der Waals surface area contributed by atoms with Gasteiger partial charge in [0.05, 0.1) is 23.7 Å². The van der Waals surface area contributed by atoms with Gasteiger partial charge in [-0.3, -0.25) is 9.59 Å². The van der Waals surface area contributed by atoms with Crippen LogP contribution < -0.4 is 16.0 Å². The summed E-state index contributed by atoms with van der Waals surface area (Å²) in [7, 11) is 0. The van der Waals surface area contributed by atoms with Gasteiger partial charge in [-0.15, -0.1) is 0 Å². The number of para-hydroxylation sites is 1. The van der Waals surface area contributed by atoms with Gasteiger partial charge in [-0.05, 0) is 25.0 Å². The predicted octanol–water partition coefficient (Wildman–Crippen LogP) is 2.43. The van der Waals surface area contributed by atoms with Gasteiger partial charge < -0.3 is 16.0 Å². The lowest BCUT2D eigenvalue weighted by Gasteiger charge is -2.40. The van der Waals surface area contributed by atoms with Crippen molar-refractivity contribution in [3.05, 3.63) is 29.8 Å². The van der Waals surface area contributed by atoms with E-state index in [-0.39, 0.29) is 30.1 Å². The van der Waals surface area contributed by atoms with Gasteiger partial charge in [0, 0.05) is 12.1 Å². The molecule has 136 valence electrons. The molecule has 5 nitrogen and oxygen atoms in total. The molecule has 3 atom stereocenters. The fourth-order valence-corrected chi connectivity index (χ4v) is 3.50. The summed E-state index contributed by atoms with van der Waals surface area (Å²) in [6.07, 6.45) is -0.827. The molecule has 8 heteroatoms. The zero-order valence-corrected chi connectivity index (χ0v) is 13.5. The molecule has 1 aliphatic heterocycles. The summed E-state index contributed by atoms with van der Waals surface area (Å²) >= 11 is 0. The lowest BCUT2D eigenvalue weighted by atomic mass is 9.87. The Kier molecular flexibility index (Phi) is 4.99. The highest BCUT2D eigenvalue weighted by atomic mass is 19.4. The molecule has 25 heavy (non-hydrogen) atoms. The van der Waals surface area contributed by atoms with Crippen LogP contribution in [0.15, 0.2) is 24.3 Å². The molecular weight excluding hydrogens is 335 g/mol. The standard InChI is InChI=1S/C17H20F3N3O2/c18-17(19,20)10-5-1-2-6-11(10)22-15(24)9-14-16(25)23-13-8-4-3-7-12(13)21-14/h1-2,5-6,12-14,21H,3-4,7-9H2,(H,22,24)(H,23,25)/t12-,13+,14+/m1/s1.